The Morgan fingerprint density at radius 1 is 1.53 bits per heavy atom. The fraction of sp³-hybridized carbons (Fsp3) is 0.533. The summed E-state index contributed by atoms with van der Waals surface area (Å²) in [6.45, 7) is 3.04. The Kier molecular flexibility index (Phi) is 4.43. The Morgan fingerprint density at radius 2 is 2.26 bits per heavy atom. The molecule has 0 spiro atoms. The molecule has 4 nitrogen and oxygen atoms in total. The number of para-hydroxylation sites is 1. The van der Waals surface area contributed by atoms with E-state index in [1.54, 1.807) is 11.8 Å². The van der Waals surface area contributed by atoms with E-state index < -0.39 is 0 Å². The average molecular weight is 262 g/mol. The van der Waals surface area contributed by atoms with Gasteiger partial charge in [0, 0.05) is 25.8 Å². The van der Waals surface area contributed by atoms with E-state index in [0.29, 0.717) is 19.5 Å². The highest BCUT2D eigenvalue weighted by Crippen LogP contribution is 2.25. The van der Waals surface area contributed by atoms with Gasteiger partial charge in [-0.3, -0.25) is 4.79 Å². The van der Waals surface area contributed by atoms with Crippen molar-refractivity contribution in [3.05, 3.63) is 29.8 Å². The van der Waals surface area contributed by atoms with E-state index in [1.165, 1.54) is 5.56 Å². The zero-order chi connectivity index (χ0) is 13.8. The van der Waals surface area contributed by atoms with Gasteiger partial charge >= 0.3 is 0 Å². The van der Waals surface area contributed by atoms with Crippen LogP contribution in [0.5, 0.6) is 0 Å². The molecule has 1 aliphatic rings. The molecule has 1 aliphatic heterocycles. The van der Waals surface area contributed by atoms with Crippen LogP contribution in [0.2, 0.25) is 0 Å². The molecule has 104 valence electrons. The second-order valence-electron chi connectivity index (χ2n) is 5.34. The molecule has 2 unspecified atom stereocenters. The number of nitrogens with one attached hydrogen (secondary N) is 1. The third-order valence-corrected chi connectivity index (χ3v) is 3.63. The molecule has 2 N–H and O–H groups in total. The molecule has 0 radical (unpaired) electrons. The van der Waals surface area contributed by atoms with Gasteiger partial charge in [-0.1, -0.05) is 18.2 Å². The third kappa shape index (κ3) is 3.47. The van der Waals surface area contributed by atoms with Crippen LogP contribution in [-0.4, -0.2) is 42.2 Å². The van der Waals surface area contributed by atoms with Crippen LogP contribution in [0.4, 0.5) is 5.69 Å². The number of hydrogen-bond acceptors (Lipinski definition) is 3. The molecule has 0 aliphatic carbocycles. The number of nitrogens with zero attached hydrogens (tertiary/aromatic N) is 1. The first-order valence-electron chi connectivity index (χ1n) is 6.82. The number of fused-ring (bicyclic) bond motifs is 1. The molecule has 4 heteroatoms. The molecule has 0 fully saturated rings. The van der Waals surface area contributed by atoms with Crippen LogP contribution in [0, 0.1) is 5.92 Å². The Labute approximate surface area is 114 Å². The quantitative estimate of drug-likeness (QED) is 0.864. The standard InChI is InChI=1S/C15H22N2O2/c1-11(18)7-8-17(2)15(19)13-9-12-5-3-4-6-14(12)16-10-13/h3-6,11,13,16,18H,7-10H2,1-2H3. The van der Waals surface area contributed by atoms with Crippen molar-refractivity contribution >= 4 is 11.6 Å². The van der Waals surface area contributed by atoms with E-state index in [0.717, 1.165) is 12.1 Å². The van der Waals surface area contributed by atoms with Gasteiger partial charge in [-0.25, -0.2) is 0 Å². The Bertz CT molecular complexity index is 446. The van der Waals surface area contributed by atoms with E-state index in [4.69, 9.17) is 0 Å². The van der Waals surface area contributed by atoms with Crippen LogP contribution in [-0.2, 0) is 11.2 Å². The summed E-state index contributed by atoms with van der Waals surface area (Å²) in [5.74, 6) is 0.150. The van der Waals surface area contributed by atoms with E-state index in [2.05, 4.69) is 11.4 Å². The first-order valence-corrected chi connectivity index (χ1v) is 6.82. The number of aliphatic hydroxyl groups excluding tert-OH is 1. The number of carbonyl (C=O) groups excluding carboxylic acids is 1. The first kappa shape index (κ1) is 13.9. The highest BCUT2D eigenvalue weighted by atomic mass is 16.3. The van der Waals surface area contributed by atoms with Gasteiger partial charge in [0.1, 0.15) is 0 Å². The molecule has 1 heterocycles. The van der Waals surface area contributed by atoms with Crippen LogP contribution in [0.15, 0.2) is 24.3 Å². The minimum absolute atomic E-state index is 0.00565. The van der Waals surface area contributed by atoms with Crippen molar-refractivity contribution in [2.45, 2.75) is 25.9 Å². The predicted molar refractivity (Wildman–Crippen MR) is 76.1 cm³/mol. The second kappa shape index (κ2) is 6.06. The Balaban J connectivity index is 1.95. The van der Waals surface area contributed by atoms with E-state index in [9.17, 15) is 9.90 Å². The van der Waals surface area contributed by atoms with Crippen molar-refractivity contribution in [1.82, 2.24) is 4.90 Å². The zero-order valence-corrected chi connectivity index (χ0v) is 11.6. The van der Waals surface area contributed by atoms with Crippen LogP contribution >= 0.6 is 0 Å². The van der Waals surface area contributed by atoms with Gasteiger partial charge in [-0.2, -0.15) is 0 Å². The van der Waals surface area contributed by atoms with Gasteiger partial charge in [0.2, 0.25) is 5.91 Å². The van der Waals surface area contributed by atoms with Crippen molar-refractivity contribution in [2.24, 2.45) is 5.92 Å². The number of benzene rings is 1. The van der Waals surface area contributed by atoms with E-state index in [1.807, 2.05) is 25.2 Å². The molecule has 2 atom stereocenters. The SMILES string of the molecule is CC(O)CCN(C)C(=O)C1CNc2ccccc2C1. The maximum Gasteiger partial charge on any atom is 0.227 e. The summed E-state index contributed by atoms with van der Waals surface area (Å²) in [6.07, 6.45) is 1.06. The van der Waals surface area contributed by atoms with E-state index >= 15 is 0 Å². The summed E-state index contributed by atoms with van der Waals surface area (Å²) in [6, 6.07) is 8.12. The molecule has 2 rings (SSSR count). The van der Waals surface area contributed by atoms with Crippen LogP contribution < -0.4 is 5.32 Å². The molecule has 0 saturated heterocycles. The van der Waals surface area contributed by atoms with Crippen LogP contribution in [0.3, 0.4) is 0 Å². The number of hydrogen-bond donors (Lipinski definition) is 2. The van der Waals surface area contributed by atoms with Crippen molar-refractivity contribution in [3.63, 3.8) is 0 Å². The lowest BCUT2D eigenvalue weighted by atomic mass is 9.93. The maximum absolute atomic E-state index is 12.3. The minimum Gasteiger partial charge on any atom is -0.393 e. The highest BCUT2D eigenvalue weighted by molar-refractivity contribution is 5.80. The lowest BCUT2D eigenvalue weighted by Gasteiger charge is -2.29. The van der Waals surface area contributed by atoms with E-state index in [-0.39, 0.29) is 17.9 Å². The normalized spacial score (nSPS) is 19.2. The van der Waals surface area contributed by atoms with Crippen LogP contribution in [0.25, 0.3) is 0 Å². The largest absolute Gasteiger partial charge is 0.393 e. The van der Waals surface area contributed by atoms with Crippen molar-refractivity contribution in [1.29, 1.82) is 0 Å². The summed E-state index contributed by atoms with van der Waals surface area (Å²) < 4.78 is 0. The number of aliphatic hydroxyl groups is 1. The molecule has 1 amide bonds. The molecule has 19 heavy (non-hydrogen) atoms. The van der Waals surface area contributed by atoms with Crippen molar-refractivity contribution in [3.8, 4) is 0 Å². The fourth-order valence-corrected chi connectivity index (χ4v) is 2.42. The Hall–Kier alpha value is -1.55. The summed E-state index contributed by atoms with van der Waals surface area (Å²) >= 11 is 0. The molecule has 0 saturated carbocycles. The van der Waals surface area contributed by atoms with Gasteiger partial charge in [0.15, 0.2) is 0 Å². The van der Waals surface area contributed by atoms with Gasteiger partial charge in [-0.05, 0) is 31.4 Å². The van der Waals surface area contributed by atoms with Crippen molar-refractivity contribution in [2.75, 3.05) is 25.5 Å². The third-order valence-electron chi connectivity index (χ3n) is 3.63. The fourth-order valence-electron chi connectivity index (χ4n) is 2.42. The smallest absolute Gasteiger partial charge is 0.227 e. The minimum atomic E-state index is -0.361. The number of amides is 1. The summed E-state index contributed by atoms with van der Waals surface area (Å²) in [7, 11) is 1.81. The van der Waals surface area contributed by atoms with Crippen LogP contribution in [0.1, 0.15) is 18.9 Å². The number of carbonyl (C=O) groups is 1. The average Bonchev–Trinajstić information content (AvgIpc) is 2.43. The molecular weight excluding hydrogens is 240 g/mol. The summed E-state index contributed by atoms with van der Waals surface area (Å²) in [5, 5.41) is 12.6. The maximum atomic E-state index is 12.3. The molecule has 1 aromatic carbocycles. The first-order chi connectivity index (χ1) is 9.08. The molecule has 0 aromatic heterocycles. The predicted octanol–water partition coefficient (Wildman–Crippen LogP) is 1.50. The van der Waals surface area contributed by atoms with Gasteiger partial charge < -0.3 is 15.3 Å². The molecular formula is C15H22N2O2. The lowest BCUT2D eigenvalue weighted by molar-refractivity contribution is -0.134. The monoisotopic (exact) mass is 262 g/mol. The number of anilines is 1. The topological polar surface area (TPSA) is 52.6 Å². The highest BCUT2D eigenvalue weighted by Gasteiger charge is 2.26. The number of rotatable bonds is 4. The van der Waals surface area contributed by atoms with Gasteiger partial charge in [-0.15, -0.1) is 0 Å². The molecule has 0 bridgehead atoms. The van der Waals surface area contributed by atoms with Crippen molar-refractivity contribution < 1.29 is 9.90 Å². The summed E-state index contributed by atoms with van der Waals surface area (Å²) in [5.41, 5.74) is 2.34. The molecule has 1 aromatic rings. The van der Waals surface area contributed by atoms with Gasteiger partial charge in [0.25, 0.3) is 0 Å². The Morgan fingerprint density at radius 3 is 3.00 bits per heavy atom. The van der Waals surface area contributed by atoms with Gasteiger partial charge in [0.05, 0.1) is 12.0 Å². The summed E-state index contributed by atoms with van der Waals surface area (Å²) in [4.78, 5) is 14.1. The lowest BCUT2D eigenvalue weighted by Crippen LogP contribution is -2.40. The second-order valence-corrected chi connectivity index (χ2v) is 5.34. The zero-order valence-electron chi connectivity index (χ0n) is 11.6.